The average Bonchev–Trinajstić information content (AvgIpc) is 2.95. The summed E-state index contributed by atoms with van der Waals surface area (Å²) in [4.78, 5) is 14.4. The summed E-state index contributed by atoms with van der Waals surface area (Å²) in [7, 11) is 0. The number of benzene rings is 1. The number of nitrogens with zero attached hydrogens (tertiary/aromatic N) is 1. The molecule has 3 rings (SSSR count). The summed E-state index contributed by atoms with van der Waals surface area (Å²) in [5, 5.41) is 0. The van der Waals surface area contributed by atoms with Gasteiger partial charge in [0.15, 0.2) is 0 Å². The van der Waals surface area contributed by atoms with Crippen LogP contribution in [0.25, 0.3) is 0 Å². The maximum atomic E-state index is 12.4. The molecule has 21 heavy (non-hydrogen) atoms. The van der Waals surface area contributed by atoms with Crippen LogP contribution in [0.1, 0.15) is 32.1 Å². The van der Waals surface area contributed by atoms with Crippen LogP contribution < -0.4 is 10.5 Å². The summed E-state index contributed by atoms with van der Waals surface area (Å²) in [6.07, 6.45) is 4.87. The predicted octanol–water partition coefficient (Wildman–Crippen LogP) is 2.18. The first-order valence-corrected chi connectivity index (χ1v) is 7.98. The third-order valence-electron chi connectivity index (χ3n) is 4.62. The Bertz CT molecular complexity index is 469. The Balaban J connectivity index is 1.47. The van der Waals surface area contributed by atoms with Crippen molar-refractivity contribution in [3.05, 3.63) is 30.3 Å². The highest BCUT2D eigenvalue weighted by Crippen LogP contribution is 2.27. The van der Waals surface area contributed by atoms with E-state index in [0.717, 1.165) is 50.9 Å². The Morgan fingerprint density at radius 1 is 1.10 bits per heavy atom. The second-order valence-corrected chi connectivity index (χ2v) is 6.23. The van der Waals surface area contributed by atoms with Gasteiger partial charge in [0.25, 0.3) is 0 Å². The van der Waals surface area contributed by atoms with E-state index in [1.807, 2.05) is 35.2 Å². The summed E-state index contributed by atoms with van der Waals surface area (Å²) in [5.74, 6) is 1.39. The first-order chi connectivity index (χ1) is 10.2. The Hall–Kier alpha value is -1.55. The van der Waals surface area contributed by atoms with Crippen LogP contribution >= 0.6 is 0 Å². The van der Waals surface area contributed by atoms with Crippen LogP contribution in [0, 0.1) is 5.92 Å². The van der Waals surface area contributed by atoms with E-state index in [4.69, 9.17) is 10.5 Å². The first-order valence-electron chi connectivity index (χ1n) is 7.98. The molecule has 2 unspecified atom stereocenters. The fraction of sp³-hybridized carbons (Fsp3) is 0.588. The molecule has 1 aliphatic carbocycles. The quantitative estimate of drug-likeness (QED) is 0.927. The number of nitrogens with two attached hydrogens (primary N) is 1. The Morgan fingerprint density at radius 2 is 1.81 bits per heavy atom. The number of amides is 1. The van der Waals surface area contributed by atoms with Gasteiger partial charge >= 0.3 is 0 Å². The number of carbonyl (C=O) groups is 1. The largest absolute Gasteiger partial charge is 0.490 e. The molecule has 2 fully saturated rings. The molecule has 4 nitrogen and oxygen atoms in total. The zero-order valence-corrected chi connectivity index (χ0v) is 12.4. The van der Waals surface area contributed by atoms with Crippen LogP contribution in [0.2, 0.25) is 0 Å². The van der Waals surface area contributed by atoms with Gasteiger partial charge in [-0.15, -0.1) is 0 Å². The number of para-hydroxylation sites is 1. The molecule has 114 valence electrons. The monoisotopic (exact) mass is 288 g/mol. The molecule has 2 aliphatic rings. The minimum absolute atomic E-state index is 0.159. The summed E-state index contributed by atoms with van der Waals surface area (Å²) in [5.41, 5.74) is 5.91. The van der Waals surface area contributed by atoms with Gasteiger partial charge in [-0.1, -0.05) is 18.2 Å². The van der Waals surface area contributed by atoms with Gasteiger partial charge in [0.2, 0.25) is 5.91 Å². The fourth-order valence-electron chi connectivity index (χ4n) is 3.38. The molecule has 1 aliphatic heterocycles. The molecule has 0 bridgehead atoms. The normalized spacial score (nSPS) is 26.8. The van der Waals surface area contributed by atoms with Crippen molar-refractivity contribution >= 4 is 5.91 Å². The number of rotatable bonds is 3. The third-order valence-corrected chi connectivity index (χ3v) is 4.62. The zero-order valence-electron chi connectivity index (χ0n) is 12.4. The van der Waals surface area contributed by atoms with Crippen LogP contribution in [0.15, 0.2) is 30.3 Å². The molecule has 1 saturated heterocycles. The molecule has 2 atom stereocenters. The van der Waals surface area contributed by atoms with E-state index < -0.39 is 0 Å². The number of carbonyl (C=O) groups excluding carboxylic acids is 1. The smallest absolute Gasteiger partial charge is 0.225 e. The van der Waals surface area contributed by atoms with E-state index in [1.54, 1.807) is 0 Å². The first kappa shape index (κ1) is 14.4. The molecule has 0 spiro atoms. The molecule has 1 aromatic rings. The molecule has 0 aromatic heterocycles. The number of hydrogen-bond donors (Lipinski definition) is 1. The molecule has 0 radical (unpaired) electrons. The summed E-state index contributed by atoms with van der Waals surface area (Å²) in [6, 6.07) is 10.1. The molecular weight excluding hydrogens is 264 g/mol. The van der Waals surface area contributed by atoms with E-state index in [1.165, 1.54) is 0 Å². The van der Waals surface area contributed by atoms with E-state index in [2.05, 4.69) is 0 Å². The van der Waals surface area contributed by atoms with Crippen LogP contribution in [-0.2, 0) is 4.79 Å². The molecule has 1 heterocycles. The summed E-state index contributed by atoms with van der Waals surface area (Å²) >= 11 is 0. The maximum Gasteiger partial charge on any atom is 0.225 e. The third kappa shape index (κ3) is 3.56. The topological polar surface area (TPSA) is 55.6 Å². The molecule has 2 N–H and O–H groups in total. The highest BCUT2D eigenvalue weighted by Gasteiger charge is 2.33. The van der Waals surface area contributed by atoms with E-state index in [0.29, 0.717) is 5.91 Å². The van der Waals surface area contributed by atoms with Gasteiger partial charge < -0.3 is 15.4 Å². The van der Waals surface area contributed by atoms with Crippen molar-refractivity contribution in [2.45, 2.75) is 44.2 Å². The van der Waals surface area contributed by atoms with Crippen molar-refractivity contribution in [3.8, 4) is 5.75 Å². The van der Waals surface area contributed by atoms with Crippen molar-refractivity contribution in [2.24, 2.45) is 11.7 Å². The van der Waals surface area contributed by atoms with Crippen molar-refractivity contribution < 1.29 is 9.53 Å². The van der Waals surface area contributed by atoms with Gasteiger partial charge in [-0.25, -0.2) is 0 Å². The van der Waals surface area contributed by atoms with Gasteiger partial charge in [-0.2, -0.15) is 0 Å². The fourth-order valence-corrected chi connectivity index (χ4v) is 3.38. The van der Waals surface area contributed by atoms with E-state index in [9.17, 15) is 4.79 Å². The number of piperidine rings is 1. The lowest BCUT2D eigenvalue weighted by Gasteiger charge is -2.33. The summed E-state index contributed by atoms with van der Waals surface area (Å²) in [6.45, 7) is 1.62. The highest BCUT2D eigenvalue weighted by molar-refractivity contribution is 5.79. The Morgan fingerprint density at radius 3 is 2.43 bits per heavy atom. The number of likely N-dealkylation sites (tertiary alicyclic amines) is 1. The van der Waals surface area contributed by atoms with Gasteiger partial charge in [0.1, 0.15) is 11.9 Å². The zero-order chi connectivity index (χ0) is 14.7. The van der Waals surface area contributed by atoms with Crippen LogP contribution in [-0.4, -0.2) is 36.0 Å². The lowest BCUT2D eigenvalue weighted by molar-refractivity contribution is -0.137. The van der Waals surface area contributed by atoms with Crippen LogP contribution in [0.4, 0.5) is 0 Å². The molecule has 1 aromatic carbocycles. The second kappa shape index (κ2) is 6.48. The Kier molecular flexibility index (Phi) is 4.44. The van der Waals surface area contributed by atoms with Gasteiger partial charge in [-0.3, -0.25) is 4.79 Å². The van der Waals surface area contributed by atoms with Crippen LogP contribution in [0.3, 0.4) is 0 Å². The van der Waals surface area contributed by atoms with E-state index in [-0.39, 0.29) is 18.1 Å². The molecule has 1 amide bonds. The Labute approximate surface area is 126 Å². The number of hydrogen-bond acceptors (Lipinski definition) is 3. The van der Waals surface area contributed by atoms with Crippen LogP contribution in [0.5, 0.6) is 5.75 Å². The molecule has 1 saturated carbocycles. The summed E-state index contributed by atoms with van der Waals surface area (Å²) < 4.78 is 5.97. The SMILES string of the molecule is NC1CCC(C(=O)N2CCC(Oc3ccccc3)CC2)C1. The lowest BCUT2D eigenvalue weighted by atomic mass is 10.0. The minimum Gasteiger partial charge on any atom is -0.490 e. The predicted molar refractivity (Wildman–Crippen MR) is 82.0 cm³/mol. The molecule has 4 heteroatoms. The molecular formula is C17H24N2O2. The second-order valence-electron chi connectivity index (χ2n) is 6.23. The highest BCUT2D eigenvalue weighted by atomic mass is 16.5. The van der Waals surface area contributed by atoms with Gasteiger partial charge in [0.05, 0.1) is 0 Å². The van der Waals surface area contributed by atoms with Crippen molar-refractivity contribution in [1.82, 2.24) is 4.90 Å². The van der Waals surface area contributed by atoms with Gasteiger partial charge in [-0.05, 0) is 31.4 Å². The minimum atomic E-state index is 0.159. The van der Waals surface area contributed by atoms with E-state index >= 15 is 0 Å². The van der Waals surface area contributed by atoms with Crippen molar-refractivity contribution in [2.75, 3.05) is 13.1 Å². The van der Waals surface area contributed by atoms with Crippen molar-refractivity contribution in [3.63, 3.8) is 0 Å². The van der Waals surface area contributed by atoms with Crippen molar-refractivity contribution in [1.29, 1.82) is 0 Å². The maximum absolute atomic E-state index is 12.4. The average molecular weight is 288 g/mol. The number of ether oxygens (including phenoxy) is 1. The lowest BCUT2D eigenvalue weighted by Crippen LogP contribution is -2.44. The standard InChI is InChI=1S/C17H24N2O2/c18-14-7-6-13(12-14)17(20)19-10-8-16(9-11-19)21-15-4-2-1-3-5-15/h1-5,13-14,16H,6-12,18H2. The van der Waals surface area contributed by atoms with Gasteiger partial charge in [0, 0.05) is 37.9 Å².